The monoisotopic (exact) mass is 515 g/mol. The Morgan fingerprint density at radius 3 is 2.42 bits per heavy atom. The first-order valence-corrected chi connectivity index (χ1v) is 14.2. The highest BCUT2D eigenvalue weighted by atomic mass is 32.2. The first kappa shape index (κ1) is 27.5. The summed E-state index contributed by atoms with van der Waals surface area (Å²) in [6, 6.07) is 13.6. The van der Waals surface area contributed by atoms with Crippen molar-refractivity contribution in [3.63, 3.8) is 0 Å². The van der Waals surface area contributed by atoms with Crippen LogP contribution in [0.3, 0.4) is 0 Å². The van der Waals surface area contributed by atoms with Gasteiger partial charge in [-0.3, -0.25) is 13.9 Å². The summed E-state index contributed by atoms with van der Waals surface area (Å²) < 4.78 is 31.7. The van der Waals surface area contributed by atoms with Crippen molar-refractivity contribution in [3.05, 3.63) is 59.7 Å². The average Bonchev–Trinajstić information content (AvgIpc) is 2.85. The lowest BCUT2D eigenvalue weighted by Crippen LogP contribution is -2.52. The first-order chi connectivity index (χ1) is 17.1. The lowest BCUT2D eigenvalue weighted by atomic mass is 9.95. The molecule has 2 aromatic carbocycles. The van der Waals surface area contributed by atoms with Crippen LogP contribution in [-0.4, -0.2) is 57.1 Å². The summed E-state index contributed by atoms with van der Waals surface area (Å²) in [4.78, 5) is 28.3. The molecule has 1 aliphatic carbocycles. The van der Waals surface area contributed by atoms with E-state index >= 15 is 0 Å². The molecule has 1 aliphatic rings. The molecule has 36 heavy (non-hydrogen) atoms. The van der Waals surface area contributed by atoms with E-state index in [9.17, 15) is 18.0 Å². The number of hydrogen-bond acceptors (Lipinski definition) is 5. The molecule has 2 aromatic rings. The zero-order chi connectivity index (χ0) is 26.3. The smallest absolute Gasteiger partial charge is 0.244 e. The van der Waals surface area contributed by atoms with Crippen molar-refractivity contribution in [1.82, 2.24) is 10.2 Å². The first-order valence-electron chi connectivity index (χ1n) is 12.4. The van der Waals surface area contributed by atoms with Crippen LogP contribution in [0.4, 0.5) is 5.69 Å². The molecule has 196 valence electrons. The van der Waals surface area contributed by atoms with Gasteiger partial charge in [0.1, 0.15) is 18.3 Å². The van der Waals surface area contributed by atoms with Crippen LogP contribution in [0, 0.1) is 6.92 Å². The molecule has 2 amide bonds. The summed E-state index contributed by atoms with van der Waals surface area (Å²) in [7, 11) is -2.19. The lowest BCUT2D eigenvalue weighted by molar-refractivity contribution is -0.139. The van der Waals surface area contributed by atoms with Crippen LogP contribution in [0.1, 0.15) is 50.2 Å². The third-order valence-electron chi connectivity index (χ3n) is 6.57. The minimum Gasteiger partial charge on any atom is -0.497 e. The summed E-state index contributed by atoms with van der Waals surface area (Å²) in [5.74, 6) is -0.0626. The Morgan fingerprint density at radius 2 is 1.78 bits per heavy atom. The molecular formula is C27H37N3O5S. The molecule has 0 saturated heterocycles. The molecule has 1 N–H and O–H groups in total. The molecule has 0 bridgehead atoms. The van der Waals surface area contributed by atoms with E-state index in [0.717, 1.165) is 47.4 Å². The van der Waals surface area contributed by atoms with E-state index in [-0.39, 0.29) is 18.5 Å². The number of anilines is 1. The lowest BCUT2D eigenvalue weighted by Gasteiger charge is -2.33. The minimum absolute atomic E-state index is 0.0993. The number of hydrogen-bond donors (Lipinski definition) is 1. The Balaban J connectivity index is 1.88. The Kier molecular flexibility index (Phi) is 9.37. The van der Waals surface area contributed by atoms with E-state index in [0.29, 0.717) is 11.4 Å². The third kappa shape index (κ3) is 7.46. The molecule has 3 rings (SSSR count). The second-order valence-corrected chi connectivity index (χ2v) is 11.4. The second-order valence-electron chi connectivity index (χ2n) is 9.50. The maximum Gasteiger partial charge on any atom is 0.244 e. The van der Waals surface area contributed by atoms with E-state index < -0.39 is 28.5 Å². The zero-order valence-corrected chi connectivity index (χ0v) is 22.4. The van der Waals surface area contributed by atoms with Crippen LogP contribution in [0.25, 0.3) is 0 Å². The number of aryl methyl sites for hydroxylation is 1. The van der Waals surface area contributed by atoms with Crippen LogP contribution < -0.4 is 14.4 Å². The summed E-state index contributed by atoms with van der Waals surface area (Å²) in [6.45, 7) is 3.28. The van der Waals surface area contributed by atoms with Gasteiger partial charge in [0.25, 0.3) is 0 Å². The number of nitrogens with one attached hydrogen (secondary N) is 1. The van der Waals surface area contributed by atoms with Crippen LogP contribution >= 0.6 is 0 Å². The van der Waals surface area contributed by atoms with Crippen LogP contribution in [-0.2, 0) is 26.2 Å². The van der Waals surface area contributed by atoms with Gasteiger partial charge < -0.3 is 15.0 Å². The standard InChI is InChI=1S/C27H37N3O5S/c1-20-10-8-14-24(16-20)30(36(4,33)34)19-26(31)29(18-22-11-9-15-25(17-22)35-3)21(2)27(32)28-23-12-6-5-7-13-23/h8-11,14-17,21,23H,5-7,12-13,18-19H2,1-4H3,(H,28,32)/t21-/m1/s1. The van der Waals surface area contributed by atoms with Crippen LogP contribution in [0.2, 0.25) is 0 Å². The number of ether oxygens (including phenoxy) is 1. The van der Waals surface area contributed by atoms with E-state index in [1.165, 1.54) is 11.3 Å². The molecule has 1 saturated carbocycles. The molecule has 9 heteroatoms. The predicted octanol–water partition coefficient (Wildman–Crippen LogP) is 3.64. The fraction of sp³-hybridized carbons (Fsp3) is 0.481. The molecule has 0 radical (unpaired) electrons. The Hall–Kier alpha value is -3.07. The molecular weight excluding hydrogens is 478 g/mol. The van der Waals surface area contributed by atoms with Crippen molar-refractivity contribution >= 4 is 27.5 Å². The van der Waals surface area contributed by atoms with Gasteiger partial charge in [0, 0.05) is 12.6 Å². The summed E-state index contributed by atoms with van der Waals surface area (Å²) in [5, 5.41) is 3.10. The van der Waals surface area contributed by atoms with Gasteiger partial charge in [0.05, 0.1) is 19.1 Å². The number of carbonyl (C=O) groups excluding carboxylic acids is 2. The Morgan fingerprint density at radius 1 is 1.08 bits per heavy atom. The van der Waals surface area contributed by atoms with Gasteiger partial charge in [-0.2, -0.15) is 0 Å². The predicted molar refractivity (Wildman–Crippen MR) is 141 cm³/mol. The number of methoxy groups -OCH3 is 1. The van der Waals surface area contributed by atoms with Crippen molar-refractivity contribution in [2.24, 2.45) is 0 Å². The molecule has 1 fully saturated rings. The van der Waals surface area contributed by atoms with Gasteiger partial charge >= 0.3 is 0 Å². The van der Waals surface area contributed by atoms with Crippen molar-refractivity contribution in [2.45, 2.75) is 64.6 Å². The zero-order valence-electron chi connectivity index (χ0n) is 21.6. The fourth-order valence-corrected chi connectivity index (χ4v) is 5.36. The number of carbonyl (C=O) groups is 2. The van der Waals surface area contributed by atoms with Crippen molar-refractivity contribution in [1.29, 1.82) is 0 Å². The molecule has 0 unspecified atom stereocenters. The topological polar surface area (TPSA) is 96.0 Å². The van der Waals surface area contributed by atoms with Crippen LogP contribution in [0.15, 0.2) is 48.5 Å². The molecule has 8 nitrogen and oxygen atoms in total. The average molecular weight is 516 g/mol. The van der Waals surface area contributed by atoms with Gasteiger partial charge in [-0.15, -0.1) is 0 Å². The van der Waals surface area contributed by atoms with Gasteiger partial charge in [0.2, 0.25) is 21.8 Å². The highest BCUT2D eigenvalue weighted by Gasteiger charge is 2.31. The summed E-state index contributed by atoms with van der Waals surface area (Å²) in [6.07, 6.45) is 6.25. The van der Waals surface area contributed by atoms with Gasteiger partial charge in [-0.05, 0) is 62.1 Å². The molecule has 0 aromatic heterocycles. The number of rotatable bonds is 10. The fourth-order valence-electron chi connectivity index (χ4n) is 4.52. The third-order valence-corrected chi connectivity index (χ3v) is 7.72. The highest BCUT2D eigenvalue weighted by molar-refractivity contribution is 7.92. The number of amides is 2. The maximum absolute atomic E-state index is 13.7. The Bertz CT molecular complexity index is 1160. The largest absolute Gasteiger partial charge is 0.497 e. The van der Waals surface area contributed by atoms with Gasteiger partial charge in [0.15, 0.2) is 0 Å². The molecule has 0 aliphatic heterocycles. The normalized spacial score (nSPS) is 15.1. The van der Waals surface area contributed by atoms with Gasteiger partial charge in [-0.25, -0.2) is 8.42 Å². The number of benzene rings is 2. The van der Waals surface area contributed by atoms with Crippen LogP contribution in [0.5, 0.6) is 5.75 Å². The Labute approximate surface area is 214 Å². The number of sulfonamides is 1. The van der Waals surface area contributed by atoms with Crippen molar-refractivity contribution in [2.75, 3.05) is 24.2 Å². The summed E-state index contributed by atoms with van der Waals surface area (Å²) >= 11 is 0. The van der Waals surface area contributed by atoms with Crippen molar-refractivity contribution < 1.29 is 22.7 Å². The molecule has 1 atom stereocenters. The minimum atomic E-state index is -3.75. The molecule has 0 spiro atoms. The van der Waals surface area contributed by atoms with E-state index in [1.54, 1.807) is 44.4 Å². The van der Waals surface area contributed by atoms with Crippen molar-refractivity contribution in [3.8, 4) is 5.75 Å². The quantitative estimate of drug-likeness (QED) is 0.521. The number of nitrogens with zero attached hydrogens (tertiary/aromatic N) is 2. The SMILES string of the molecule is COc1cccc(CN(C(=O)CN(c2cccc(C)c2)S(C)(=O)=O)[C@H](C)C(=O)NC2CCCCC2)c1. The van der Waals surface area contributed by atoms with E-state index in [4.69, 9.17) is 4.74 Å². The molecule has 0 heterocycles. The van der Waals surface area contributed by atoms with E-state index in [2.05, 4.69) is 5.32 Å². The van der Waals surface area contributed by atoms with Gasteiger partial charge in [-0.1, -0.05) is 43.5 Å². The highest BCUT2D eigenvalue weighted by Crippen LogP contribution is 2.22. The van der Waals surface area contributed by atoms with E-state index in [1.807, 2.05) is 25.1 Å². The second kappa shape index (κ2) is 12.3. The maximum atomic E-state index is 13.7. The summed E-state index contributed by atoms with van der Waals surface area (Å²) in [5.41, 5.74) is 2.06.